The van der Waals surface area contributed by atoms with E-state index in [2.05, 4.69) is 66.0 Å². The first kappa shape index (κ1) is 14.9. The maximum atomic E-state index is 7.56. The van der Waals surface area contributed by atoms with Crippen LogP contribution < -0.4 is 4.57 Å². The fraction of sp³-hybridized carbons (Fsp3) is 0.143. The fourth-order valence-corrected chi connectivity index (χ4v) is 4.78. The van der Waals surface area contributed by atoms with Crippen molar-refractivity contribution in [3.8, 4) is 11.3 Å². The summed E-state index contributed by atoms with van der Waals surface area (Å²) in [5.74, 6) is 0. The van der Waals surface area contributed by atoms with Gasteiger partial charge in [-0.15, -0.1) is 11.3 Å². The van der Waals surface area contributed by atoms with Gasteiger partial charge >= 0.3 is 0 Å². The Labute approximate surface area is 145 Å². The maximum absolute atomic E-state index is 7.56. The van der Waals surface area contributed by atoms with Crippen molar-refractivity contribution in [1.82, 2.24) is 0 Å². The summed E-state index contributed by atoms with van der Waals surface area (Å²) in [6, 6.07) is 14.9. The highest BCUT2D eigenvalue weighted by atomic mass is 32.1. The molecule has 0 N–H and O–H groups in total. The molecule has 24 heavy (non-hydrogen) atoms. The third kappa shape index (κ3) is 2.04. The zero-order valence-electron chi connectivity index (χ0n) is 13.9. The Morgan fingerprint density at radius 1 is 0.917 bits per heavy atom. The lowest BCUT2D eigenvalue weighted by Gasteiger charge is -2.06. The minimum absolute atomic E-state index is 0.787. The summed E-state index contributed by atoms with van der Waals surface area (Å²) in [4.78, 5) is 3.79. The summed E-state index contributed by atoms with van der Waals surface area (Å²) in [7, 11) is 2.08. The van der Waals surface area contributed by atoms with Crippen LogP contribution in [0.2, 0.25) is 0 Å². The van der Waals surface area contributed by atoms with E-state index >= 15 is 0 Å². The predicted octanol–water partition coefficient (Wildman–Crippen LogP) is 5.71. The van der Waals surface area contributed by atoms with Crippen LogP contribution in [-0.2, 0) is 7.05 Å². The molecule has 0 aliphatic heterocycles. The van der Waals surface area contributed by atoms with Gasteiger partial charge in [0.2, 0.25) is 11.4 Å². The van der Waals surface area contributed by atoms with E-state index in [0.29, 0.717) is 0 Å². The Kier molecular flexibility index (Phi) is 3.37. The average molecular weight is 329 g/mol. The van der Waals surface area contributed by atoms with Gasteiger partial charge in [-0.1, -0.05) is 24.3 Å². The van der Waals surface area contributed by atoms with Crippen LogP contribution in [0.3, 0.4) is 0 Å². The van der Waals surface area contributed by atoms with Crippen molar-refractivity contribution in [2.45, 2.75) is 13.8 Å². The van der Waals surface area contributed by atoms with Crippen molar-refractivity contribution in [2.75, 3.05) is 0 Å². The quantitative estimate of drug-likeness (QED) is 0.312. The molecule has 116 valence electrons. The summed E-state index contributed by atoms with van der Waals surface area (Å²) in [6.07, 6.45) is 2.08. The van der Waals surface area contributed by atoms with Crippen LogP contribution in [0.5, 0.6) is 0 Å². The van der Waals surface area contributed by atoms with Crippen LogP contribution >= 0.6 is 11.3 Å². The van der Waals surface area contributed by atoms with Crippen molar-refractivity contribution < 1.29 is 4.57 Å². The van der Waals surface area contributed by atoms with E-state index in [9.17, 15) is 0 Å². The SMILES string of the molecule is [C-]#[N+]c1c(C)ccc2c1sc1c(-c3cccc[n+]3C)c(C)ccc12. The van der Waals surface area contributed by atoms with E-state index < -0.39 is 0 Å². The predicted molar refractivity (Wildman–Crippen MR) is 102 cm³/mol. The molecule has 2 nitrogen and oxygen atoms in total. The number of rotatable bonds is 1. The smallest absolute Gasteiger partial charge is 0.213 e. The molecule has 4 aromatic rings. The van der Waals surface area contributed by atoms with Gasteiger partial charge in [0.25, 0.3) is 0 Å². The Balaban J connectivity index is 2.20. The molecule has 0 amide bonds. The monoisotopic (exact) mass is 329 g/mol. The van der Waals surface area contributed by atoms with Gasteiger partial charge < -0.3 is 0 Å². The minimum atomic E-state index is 0.787. The van der Waals surface area contributed by atoms with Crippen LogP contribution in [0, 0.1) is 20.4 Å². The Morgan fingerprint density at radius 2 is 1.62 bits per heavy atom. The first-order chi connectivity index (χ1) is 11.6. The van der Waals surface area contributed by atoms with Gasteiger partial charge in [0.1, 0.15) is 7.05 Å². The van der Waals surface area contributed by atoms with Crippen LogP contribution in [0.25, 0.3) is 36.3 Å². The van der Waals surface area contributed by atoms with Gasteiger partial charge in [0.15, 0.2) is 6.20 Å². The molecule has 0 fully saturated rings. The van der Waals surface area contributed by atoms with E-state index in [1.54, 1.807) is 11.3 Å². The molecule has 0 bridgehead atoms. The van der Waals surface area contributed by atoms with Gasteiger partial charge in [-0.25, -0.2) is 9.41 Å². The zero-order chi connectivity index (χ0) is 16.8. The summed E-state index contributed by atoms with van der Waals surface area (Å²) >= 11 is 1.74. The molecule has 0 aliphatic carbocycles. The number of pyridine rings is 1. The lowest BCUT2D eigenvalue weighted by Crippen LogP contribution is -2.30. The van der Waals surface area contributed by atoms with Crippen molar-refractivity contribution in [1.29, 1.82) is 0 Å². The third-order valence-electron chi connectivity index (χ3n) is 4.62. The van der Waals surface area contributed by atoms with Crippen LogP contribution in [-0.4, -0.2) is 0 Å². The van der Waals surface area contributed by atoms with E-state index in [1.165, 1.54) is 32.3 Å². The van der Waals surface area contributed by atoms with Gasteiger partial charge in [-0.2, -0.15) is 0 Å². The highest BCUT2D eigenvalue weighted by molar-refractivity contribution is 7.27. The molecule has 0 radical (unpaired) electrons. The third-order valence-corrected chi connectivity index (χ3v) is 5.86. The number of fused-ring (bicyclic) bond motifs is 3. The lowest BCUT2D eigenvalue weighted by molar-refractivity contribution is -0.660. The minimum Gasteiger partial charge on any atom is -0.236 e. The van der Waals surface area contributed by atoms with Gasteiger partial charge in [-0.05, 0) is 41.8 Å². The number of aryl methyl sites for hydroxylation is 3. The van der Waals surface area contributed by atoms with Gasteiger partial charge in [-0.3, -0.25) is 0 Å². The van der Waals surface area contributed by atoms with Crippen molar-refractivity contribution in [3.63, 3.8) is 0 Å². The molecule has 0 spiro atoms. The van der Waals surface area contributed by atoms with Crippen molar-refractivity contribution >= 4 is 37.2 Å². The molecule has 0 atom stereocenters. The molecule has 0 saturated heterocycles. The largest absolute Gasteiger partial charge is 0.236 e. The van der Waals surface area contributed by atoms with Crippen LogP contribution in [0.4, 0.5) is 5.69 Å². The second-order valence-corrected chi connectivity index (χ2v) is 7.17. The number of nitrogens with zero attached hydrogens (tertiary/aromatic N) is 2. The Morgan fingerprint density at radius 3 is 2.33 bits per heavy atom. The molecule has 2 heterocycles. The van der Waals surface area contributed by atoms with Gasteiger partial charge in [0.05, 0.1) is 12.1 Å². The molecular weight excluding hydrogens is 312 g/mol. The number of aromatic nitrogens is 1. The molecule has 3 heteroatoms. The van der Waals surface area contributed by atoms with E-state index in [0.717, 1.165) is 16.0 Å². The molecular formula is C21H17N2S+. The zero-order valence-corrected chi connectivity index (χ0v) is 14.7. The second kappa shape index (κ2) is 5.43. The normalized spacial score (nSPS) is 11.1. The molecule has 0 saturated carbocycles. The van der Waals surface area contributed by atoms with Crippen LogP contribution in [0.15, 0.2) is 48.7 Å². The summed E-state index contributed by atoms with van der Waals surface area (Å²) in [5, 5.41) is 2.43. The molecule has 0 unspecified atom stereocenters. The summed E-state index contributed by atoms with van der Waals surface area (Å²) in [5.41, 5.74) is 5.57. The van der Waals surface area contributed by atoms with Gasteiger partial charge in [0, 0.05) is 21.5 Å². The summed E-state index contributed by atoms with van der Waals surface area (Å²) in [6.45, 7) is 11.7. The lowest BCUT2D eigenvalue weighted by atomic mass is 10.0. The fourth-order valence-electron chi connectivity index (χ4n) is 3.33. The second-order valence-electron chi connectivity index (χ2n) is 6.15. The standard InChI is InChI=1S/C21H17N2S/c1-13-8-10-15-16-11-9-14(2)19(22-3)21(16)24-20(15)18(13)17-7-5-6-12-23(17)4/h5-12H,1-2,4H3/q+1. The average Bonchev–Trinajstić information content (AvgIpc) is 2.94. The topological polar surface area (TPSA) is 8.24 Å². The molecule has 0 aliphatic rings. The highest BCUT2D eigenvalue weighted by Gasteiger charge is 2.19. The molecule has 2 aromatic heterocycles. The number of thiophene rings is 1. The van der Waals surface area contributed by atoms with Crippen LogP contribution in [0.1, 0.15) is 11.1 Å². The van der Waals surface area contributed by atoms with Crippen molar-refractivity contribution in [2.24, 2.45) is 7.05 Å². The van der Waals surface area contributed by atoms with E-state index in [1.807, 2.05) is 13.0 Å². The maximum Gasteiger partial charge on any atom is 0.213 e. The molecule has 2 aromatic carbocycles. The Bertz CT molecular complexity index is 1150. The summed E-state index contributed by atoms with van der Waals surface area (Å²) < 4.78 is 4.53. The highest BCUT2D eigenvalue weighted by Crippen LogP contribution is 2.45. The van der Waals surface area contributed by atoms with Crippen molar-refractivity contribution in [3.05, 3.63) is 71.2 Å². The first-order valence-electron chi connectivity index (χ1n) is 7.89. The Hall–Kier alpha value is -2.70. The van der Waals surface area contributed by atoms with E-state index in [-0.39, 0.29) is 0 Å². The number of hydrogen-bond donors (Lipinski definition) is 0. The van der Waals surface area contributed by atoms with E-state index in [4.69, 9.17) is 6.57 Å². The molecule has 4 rings (SSSR count). The number of hydrogen-bond acceptors (Lipinski definition) is 1. The number of benzene rings is 2. The first-order valence-corrected chi connectivity index (χ1v) is 8.71.